The first-order valence-electron chi connectivity index (χ1n) is 4.96. The van der Waals surface area contributed by atoms with Gasteiger partial charge in [-0.25, -0.2) is 0 Å². The molecule has 0 saturated heterocycles. The van der Waals surface area contributed by atoms with Crippen molar-refractivity contribution in [1.29, 1.82) is 0 Å². The first-order valence-corrected chi connectivity index (χ1v) is 4.96. The van der Waals surface area contributed by atoms with Gasteiger partial charge >= 0.3 is 0 Å². The van der Waals surface area contributed by atoms with Gasteiger partial charge in [0.1, 0.15) is 0 Å². The van der Waals surface area contributed by atoms with Crippen molar-refractivity contribution in [3.8, 4) is 0 Å². The summed E-state index contributed by atoms with van der Waals surface area (Å²) < 4.78 is 0. The van der Waals surface area contributed by atoms with Crippen molar-refractivity contribution < 1.29 is 0 Å². The minimum Gasteiger partial charge on any atom is -0.313 e. The van der Waals surface area contributed by atoms with Crippen molar-refractivity contribution in [3.05, 3.63) is 12.2 Å². The van der Waals surface area contributed by atoms with Gasteiger partial charge in [-0.1, -0.05) is 45.8 Å². The summed E-state index contributed by atoms with van der Waals surface area (Å²) in [6.45, 7) is 11.0. The van der Waals surface area contributed by atoms with Crippen LogP contribution in [0.4, 0.5) is 0 Å². The van der Waals surface area contributed by atoms with E-state index in [4.69, 9.17) is 0 Å². The molecule has 70 valence electrons. The smallest absolute Gasteiger partial charge is 0.0349 e. The number of hydrogen-bond donors (Lipinski definition) is 1. The summed E-state index contributed by atoms with van der Waals surface area (Å²) in [5.41, 5.74) is 1.88. The summed E-state index contributed by atoms with van der Waals surface area (Å²) in [4.78, 5) is 0. The van der Waals surface area contributed by atoms with E-state index >= 15 is 0 Å². The van der Waals surface area contributed by atoms with E-state index < -0.39 is 0 Å². The number of likely N-dealkylation sites (N-methyl/N-ethyl adjacent to an activating group) is 1. The molecule has 1 N–H and O–H groups in total. The number of nitrogens with one attached hydrogen (secondary N) is 1. The molecule has 0 spiro atoms. The van der Waals surface area contributed by atoms with Crippen LogP contribution in [-0.2, 0) is 0 Å². The van der Waals surface area contributed by atoms with Crippen LogP contribution < -0.4 is 5.32 Å². The van der Waals surface area contributed by atoms with Crippen molar-refractivity contribution in [1.82, 2.24) is 5.32 Å². The Kier molecular flexibility index (Phi) is 2.62. The fourth-order valence-electron chi connectivity index (χ4n) is 2.21. The first-order chi connectivity index (χ1) is 5.60. The third-order valence-electron chi connectivity index (χ3n) is 3.70. The molecular formula is C11H21N. The van der Waals surface area contributed by atoms with Crippen molar-refractivity contribution in [2.24, 2.45) is 11.3 Å². The van der Waals surface area contributed by atoms with E-state index in [9.17, 15) is 0 Å². The summed E-state index contributed by atoms with van der Waals surface area (Å²) in [6, 6.07) is 0.592. The Hall–Kier alpha value is -0.300. The molecule has 1 aliphatic carbocycles. The largest absolute Gasteiger partial charge is 0.313 e. The van der Waals surface area contributed by atoms with E-state index in [1.165, 1.54) is 18.4 Å². The molecule has 12 heavy (non-hydrogen) atoms. The second kappa shape index (κ2) is 3.21. The van der Waals surface area contributed by atoms with Crippen LogP contribution in [0.5, 0.6) is 0 Å². The lowest BCUT2D eigenvalue weighted by Crippen LogP contribution is -2.23. The van der Waals surface area contributed by atoms with E-state index in [2.05, 4.69) is 32.7 Å². The first kappa shape index (κ1) is 9.79. The summed E-state index contributed by atoms with van der Waals surface area (Å²) in [5.74, 6) is 0.720. The summed E-state index contributed by atoms with van der Waals surface area (Å²) >= 11 is 0. The Bertz CT molecular complexity index is 179. The van der Waals surface area contributed by atoms with Crippen molar-refractivity contribution in [3.63, 3.8) is 0 Å². The summed E-state index contributed by atoms with van der Waals surface area (Å²) in [5, 5.41) is 3.31. The third kappa shape index (κ3) is 1.31. The van der Waals surface area contributed by atoms with Gasteiger partial charge in [-0.2, -0.15) is 0 Å². The quantitative estimate of drug-likeness (QED) is 0.635. The van der Waals surface area contributed by atoms with E-state index in [0.29, 0.717) is 11.5 Å². The predicted octanol–water partition coefficient (Wildman–Crippen LogP) is 2.59. The molecule has 0 amide bonds. The zero-order chi connectivity index (χ0) is 9.35. The molecule has 0 heterocycles. The van der Waals surface area contributed by atoms with E-state index in [0.717, 1.165) is 5.92 Å². The molecule has 1 nitrogen and oxygen atoms in total. The van der Waals surface area contributed by atoms with Gasteiger partial charge in [0.2, 0.25) is 0 Å². The van der Waals surface area contributed by atoms with Gasteiger partial charge in [-0.05, 0) is 12.5 Å². The Morgan fingerprint density at radius 2 is 1.92 bits per heavy atom. The molecule has 1 heteroatoms. The molecule has 1 fully saturated rings. The highest BCUT2D eigenvalue weighted by molar-refractivity contribution is 5.34. The van der Waals surface area contributed by atoms with Crippen LogP contribution in [0.25, 0.3) is 0 Å². The van der Waals surface area contributed by atoms with Gasteiger partial charge in [0.05, 0.1) is 0 Å². The lowest BCUT2D eigenvalue weighted by molar-refractivity contribution is 0.248. The predicted molar refractivity (Wildman–Crippen MR) is 54.2 cm³/mol. The maximum atomic E-state index is 4.10. The molecular weight excluding hydrogens is 146 g/mol. The van der Waals surface area contributed by atoms with Crippen LogP contribution in [0.3, 0.4) is 0 Å². The zero-order valence-corrected chi connectivity index (χ0v) is 8.78. The molecule has 1 rings (SSSR count). The standard InChI is InChI=1S/C11H21N/c1-6-11(4,7-2)9-8(3)10(9)12-5/h9-10,12H,3,6-7H2,1-2,4-5H3. The van der Waals surface area contributed by atoms with Gasteiger partial charge in [-0.15, -0.1) is 0 Å². The molecule has 0 aromatic rings. The second-order valence-electron chi connectivity index (χ2n) is 4.18. The molecule has 2 unspecified atom stereocenters. The SMILES string of the molecule is C=C1C(NC)C1C(C)(CC)CC. The van der Waals surface area contributed by atoms with Crippen LogP contribution >= 0.6 is 0 Å². The minimum absolute atomic E-state index is 0.477. The molecule has 0 radical (unpaired) electrons. The van der Waals surface area contributed by atoms with Crippen molar-refractivity contribution in [2.75, 3.05) is 7.05 Å². The highest BCUT2D eigenvalue weighted by atomic mass is 15.0. The van der Waals surface area contributed by atoms with Crippen LogP contribution in [0.15, 0.2) is 12.2 Å². The average Bonchev–Trinajstić information content (AvgIpc) is 2.76. The molecule has 0 aliphatic heterocycles. The van der Waals surface area contributed by atoms with Gasteiger partial charge in [-0.3, -0.25) is 0 Å². The maximum absolute atomic E-state index is 4.10. The number of hydrogen-bond acceptors (Lipinski definition) is 1. The Morgan fingerprint density at radius 3 is 2.17 bits per heavy atom. The lowest BCUT2D eigenvalue weighted by Gasteiger charge is -2.26. The second-order valence-corrected chi connectivity index (χ2v) is 4.18. The topological polar surface area (TPSA) is 12.0 Å². The maximum Gasteiger partial charge on any atom is 0.0349 e. The summed E-state index contributed by atoms with van der Waals surface area (Å²) in [6.07, 6.45) is 2.51. The van der Waals surface area contributed by atoms with Crippen molar-refractivity contribution >= 4 is 0 Å². The normalized spacial score (nSPS) is 29.2. The Morgan fingerprint density at radius 1 is 1.42 bits per heavy atom. The van der Waals surface area contributed by atoms with Crippen LogP contribution in [0, 0.1) is 11.3 Å². The van der Waals surface area contributed by atoms with Crippen molar-refractivity contribution in [2.45, 2.75) is 39.7 Å². The third-order valence-corrected chi connectivity index (χ3v) is 3.70. The minimum atomic E-state index is 0.477. The molecule has 0 bridgehead atoms. The molecule has 1 saturated carbocycles. The Balaban J connectivity index is 2.65. The van der Waals surface area contributed by atoms with Gasteiger partial charge < -0.3 is 5.32 Å². The highest BCUT2D eigenvalue weighted by Gasteiger charge is 2.51. The van der Waals surface area contributed by atoms with E-state index in [1.807, 2.05) is 7.05 Å². The van der Waals surface area contributed by atoms with Gasteiger partial charge in [0, 0.05) is 12.0 Å². The molecule has 2 atom stereocenters. The fourth-order valence-corrected chi connectivity index (χ4v) is 2.21. The zero-order valence-electron chi connectivity index (χ0n) is 8.78. The number of rotatable bonds is 4. The lowest BCUT2D eigenvalue weighted by atomic mass is 9.79. The fraction of sp³-hybridized carbons (Fsp3) is 0.818. The van der Waals surface area contributed by atoms with Crippen LogP contribution in [0.2, 0.25) is 0 Å². The molecule has 0 aromatic heterocycles. The van der Waals surface area contributed by atoms with E-state index in [1.54, 1.807) is 0 Å². The molecule has 1 aliphatic rings. The van der Waals surface area contributed by atoms with Gasteiger partial charge in [0.25, 0.3) is 0 Å². The average molecular weight is 167 g/mol. The monoisotopic (exact) mass is 167 g/mol. The molecule has 0 aromatic carbocycles. The van der Waals surface area contributed by atoms with E-state index in [-0.39, 0.29) is 0 Å². The Labute approximate surface area is 76.2 Å². The van der Waals surface area contributed by atoms with Gasteiger partial charge in [0.15, 0.2) is 0 Å². The van der Waals surface area contributed by atoms with Crippen LogP contribution in [0.1, 0.15) is 33.6 Å². The highest BCUT2D eigenvalue weighted by Crippen LogP contribution is 2.52. The van der Waals surface area contributed by atoms with Crippen LogP contribution in [-0.4, -0.2) is 13.1 Å². The summed E-state index contributed by atoms with van der Waals surface area (Å²) in [7, 11) is 2.03.